The summed E-state index contributed by atoms with van der Waals surface area (Å²) in [7, 11) is 0. The van der Waals surface area contributed by atoms with E-state index in [-0.39, 0.29) is 6.61 Å². The molecule has 1 amide bonds. The molecule has 0 unspecified atom stereocenters. The SMILES string of the molecule is CCOC(=O)c1sc(Nc2nc(NCc3ccc(-c4nnn[nH]4)cc3)cc(N3CCN(C=O)CC3)n2)nc1C. The van der Waals surface area contributed by atoms with Gasteiger partial charge in [-0.15, -0.1) is 5.10 Å². The third-order valence-electron chi connectivity index (χ3n) is 6.02. The van der Waals surface area contributed by atoms with Crippen LogP contribution in [0.4, 0.5) is 22.7 Å². The van der Waals surface area contributed by atoms with E-state index < -0.39 is 5.97 Å². The lowest BCUT2D eigenvalue weighted by Gasteiger charge is -2.33. The number of H-pyrrole nitrogens is 1. The normalized spacial score (nSPS) is 13.3. The number of ether oxygens (including phenoxy) is 1. The van der Waals surface area contributed by atoms with Gasteiger partial charge in [0, 0.05) is 44.4 Å². The highest BCUT2D eigenvalue weighted by atomic mass is 32.1. The Morgan fingerprint density at radius 1 is 1.15 bits per heavy atom. The molecule has 1 saturated heterocycles. The van der Waals surface area contributed by atoms with Gasteiger partial charge < -0.3 is 19.9 Å². The molecule has 202 valence electrons. The number of hydrogen-bond acceptors (Lipinski definition) is 13. The number of esters is 1. The number of benzene rings is 1. The van der Waals surface area contributed by atoms with E-state index >= 15 is 0 Å². The molecule has 3 N–H and O–H groups in total. The number of amides is 1. The quantitative estimate of drug-likeness (QED) is 0.195. The lowest BCUT2D eigenvalue weighted by molar-refractivity contribution is -0.118. The number of tetrazole rings is 1. The Hall–Kier alpha value is -4.66. The van der Waals surface area contributed by atoms with Crippen molar-refractivity contribution in [1.82, 2.24) is 40.5 Å². The second kappa shape index (κ2) is 11.8. The van der Waals surface area contributed by atoms with Gasteiger partial charge in [0.1, 0.15) is 16.5 Å². The number of thiazole rings is 1. The number of anilines is 4. The predicted molar refractivity (Wildman–Crippen MR) is 145 cm³/mol. The summed E-state index contributed by atoms with van der Waals surface area (Å²) in [6.07, 6.45) is 0.868. The Bertz CT molecular complexity index is 1420. The van der Waals surface area contributed by atoms with Crippen molar-refractivity contribution in [1.29, 1.82) is 0 Å². The molecule has 5 rings (SSSR count). The number of aromatic nitrogens is 7. The van der Waals surface area contributed by atoms with Crippen LogP contribution in [0.25, 0.3) is 11.4 Å². The van der Waals surface area contributed by atoms with Crippen molar-refractivity contribution in [3.63, 3.8) is 0 Å². The minimum Gasteiger partial charge on any atom is -0.462 e. The Kier molecular flexibility index (Phi) is 7.86. The van der Waals surface area contributed by atoms with E-state index in [1.807, 2.05) is 30.3 Å². The first-order chi connectivity index (χ1) is 19.0. The van der Waals surface area contributed by atoms with Crippen LogP contribution in [0, 0.1) is 6.92 Å². The summed E-state index contributed by atoms with van der Waals surface area (Å²) in [5, 5.41) is 20.9. The van der Waals surface area contributed by atoms with Crippen molar-refractivity contribution in [2.75, 3.05) is 48.3 Å². The van der Waals surface area contributed by atoms with Crippen molar-refractivity contribution < 1.29 is 14.3 Å². The minimum absolute atomic E-state index is 0.288. The molecule has 1 aromatic carbocycles. The number of piperazine rings is 1. The summed E-state index contributed by atoms with van der Waals surface area (Å²) >= 11 is 1.19. The zero-order chi connectivity index (χ0) is 27.2. The highest BCUT2D eigenvalue weighted by Crippen LogP contribution is 2.27. The summed E-state index contributed by atoms with van der Waals surface area (Å²) in [6.45, 7) is 6.85. The van der Waals surface area contributed by atoms with E-state index in [2.05, 4.69) is 46.1 Å². The molecule has 0 saturated carbocycles. The first kappa shape index (κ1) is 26.0. The molecular weight excluding hydrogens is 522 g/mol. The van der Waals surface area contributed by atoms with Crippen molar-refractivity contribution >= 4 is 46.4 Å². The molecule has 1 aliphatic rings. The number of aromatic amines is 1. The van der Waals surface area contributed by atoms with Crippen LogP contribution in [0.2, 0.25) is 0 Å². The summed E-state index contributed by atoms with van der Waals surface area (Å²) in [6, 6.07) is 9.74. The highest BCUT2D eigenvalue weighted by molar-refractivity contribution is 7.17. The van der Waals surface area contributed by atoms with E-state index in [1.165, 1.54) is 11.3 Å². The van der Waals surface area contributed by atoms with Crippen LogP contribution in [0.1, 0.15) is 27.9 Å². The first-order valence-corrected chi connectivity index (χ1v) is 13.2. The van der Waals surface area contributed by atoms with Crippen molar-refractivity contribution in [3.05, 3.63) is 46.5 Å². The number of carbonyl (C=O) groups is 2. The second-order valence-corrected chi connectivity index (χ2v) is 9.64. The maximum absolute atomic E-state index is 12.2. The molecule has 0 atom stereocenters. The zero-order valence-corrected chi connectivity index (χ0v) is 22.2. The standard InChI is InChI=1S/C24H27N11O3S/c1-3-38-22(37)20-15(2)26-24(39-20)29-23-27-18(12-19(28-23)35-10-8-34(14-36)9-11-35)25-13-16-4-6-17(7-5-16)21-30-32-33-31-21/h4-7,12,14H,3,8-11,13H2,1-2H3,(H,30,31,32,33)(H2,25,26,27,28,29). The Morgan fingerprint density at radius 2 is 1.95 bits per heavy atom. The van der Waals surface area contributed by atoms with Crippen LogP contribution in [0.5, 0.6) is 0 Å². The molecule has 0 spiro atoms. The fraction of sp³-hybridized carbons (Fsp3) is 0.333. The van der Waals surface area contributed by atoms with Crippen LogP contribution < -0.4 is 15.5 Å². The van der Waals surface area contributed by atoms with E-state index in [1.54, 1.807) is 18.7 Å². The lowest BCUT2D eigenvalue weighted by atomic mass is 10.1. The fourth-order valence-electron chi connectivity index (χ4n) is 3.99. The highest BCUT2D eigenvalue weighted by Gasteiger charge is 2.20. The molecule has 14 nitrogen and oxygen atoms in total. The van der Waals surface area contributed by atoms with Gasteiger partial charge in [-0.2, -0.15) is 9.97 Å². The summed E-state index contributed by atoms with van der Waals surface area (Å²) in [4.78, 5) is 41.5. The molecular formula is C24H27N11O3S. The Labute approximate surface area is 227 Å². The van der Waals surface area contributed by atoms with Crippen LogP contribution in [0.3, 0.4) is 0 Å². The number of hydrogen-bond donors (Lipinski definition) is 3. The maximum atomic E-state index is 12.2. The lowest BCUT2D eigenvalue weighted by Crippen LogP contribution is -2.46. The van der Waals surface area contributed by atoms with Gasteiger partial charge in [-0.05, 0) is 29.8 Å². The number of carbonyl (C=O) groups excluding carboxylic acids is 2. The van der Waals surface area contributed by atoms with E-state index in [4.69, 9.17) is 9.72 Å². The van der Waals surface area contributed by atoms with Gasteiger partial charge in [0.15, 0.2) is 11.0 Å². The van der Waals surface area contributed by atoms with Gasteiger partial charge >= 0.3 is 5.97 Å². The number of rotatable bonds is 10. The molecule has 39 heavy (non-hydrogen) atoms. The molecule has 0 radical (unpaired) electrons. The molecule has 1 aliphatic heterocycles. The van der Waals surface area contributed by atoms with Gasteiger partial charge in [-0.25, -0.2) is 14.9 Å². The molecule has 3 aromatic heterocycles. The predicted octanol–water partition coefficient (Wildman–Crippen LogP) is 2.23. The van der Waals surface area contributed by atoms with E-state index in [9.17, 15) is 9.59 Å². The smallest absolute Gasteiger partial charge is 0.350 e. The molecule has 4 heterocycles. The minimum atomic E-state index is -0.406. The van der Waals surface area contributed by atoms with Crippen molar-refractivity contribution in [2.24, 2.45) is 0 Å². The van der Waals surface area contributed by atoms with Crippen LogP contribution in [-0.2, 0) is 16.1 Å². The topological polar surface area (TPSA) is 167 Å². The molecule has 1 fully saturated rings. The van der Waals surface area contributed by atoms with Gasteiger partial charge in [0.2, 0.25) is 12.4 Å². The van der Waals surface area contributed by atoms with Crippen LogP contribution >= 0.6 is 11.3 Å². The maximum Gasteiger partial charge on any atom is 0.350 e. The number of aryl methyl sites for hydroxylation is 1. The molecule has 0 aliphatic carbocycles. The van der Waals surface area contributed by atoms with Gasteiger partial charge in [0.05, 0.1) is 12.3 Å². The summed E-state index contributed by atoms with van der Waals surface area (Å²) in [5.41, 5.74) is 2.50. The van der Waals surface area contributed by atoms with Crippen LogP contribution in [0.15, 0.2) is 30.3 Å². The molecule has 0 bridgehead atoms. The fourth-order valence-corrected chi connectivity index (χ4v) is 4.84. The Morgan fingerprint density at radius 3 is 2.64 bits per heavy atom. The molecule has 4 aromatic rings. The van der Waals surface area contributed by atoms with Crippen molar-refractivity contribution in [3.8, 4) is 11.4 Å². The number of nitrogens with one attached hydrogen (secondary N) is 3. The van der Waals surface area contributed by atoms with Gasteiger partial charge in [0.25, 0.3) is 0 Å². The Balaban J connectivity index is 1.35. The summed E-state index contributed by atoms with van der Waals surface area (Å²) in [5.74, 6) is 1.86. The first-order valence-electron chi connectivity index (χ1n) is 12.3. The summed E-state index contributed by atoms with van der Waals surface area (Å²) < 4.78 is 5.13. The average molecular weight is 550 g/mol. The van der Waals surface area contributed by atoms with Crippen LogP contribution in [-0.4, -0.2) is 85.6 Å². The zero-order valence-electron chi connectivity index (χ0n) is 21.4. The average Bonchev–Trinajstić information content (AvgIpc) is 3.62. The third-order valence-corrected chi connectivity index (χ3v) is 7.08. The third kappa shape index (κ3) is 6.26. The van der Waals surface area contributed by atoms with E-state index in [0.29, 0.717) is 71.8 Å². The molecule has 15 heteroatoms. The largest absolute Gasteiger partial charge is 0.462 e. The monoisotopic (exact) mass is 549 g/mol. The van der Waals surface area contributed by atoms with Gasteiger partial charge in [-0.1, -0.05) is 35.6 Å². The number of nitrogens with zero attached hydrogens (tertiary/aromatic N) is 8. The second-order valence-electron chi connectivity index (χ2n) is 8.64. The van der Waals surface area contributed by atoms with Gasteiger partial charge in [-0.3, -0.25) is 10.1 Å². The van der Waals surface area contributed by atoms with Crippen molar-refractivity contribution in [2.45, 2.75) is 20.4 Å². The van der Waals surface area contributed by atoms with E-state index in [0.717, 1.165) is 17.5 Å².